The van der Waals surface area contributed by atoms with Crippen LogP contribution in [-0.2, 0) is 4.79 Å². The zero-order valence-corrected chi connectivity index (χ0v) is 6.63. The SMILES string of the molecule is CC(=O)N[C@@H](C=C1CC1)CO. The van der Waals surface area contributed by atoms with Crippen molar-refractivity contribution in [1.29, 1.82) is 0 Å². The van der Waals surface area contributed by atoms with Gasteiger partial charge in [-0.1, -0.05) is 11.6 Å². The van der Waals surface area contributed by atoms with E-state index in [1.165, 1.54) is 12.5 Å². The fraction of sp³-hybridized carbons (Fsp3) is 0.625. The molecular formula is C8H13NO2. The summed E-state index contributed by atoms with van der Waals surface area (Å²) < 4.78 is 0. The second kappa shape index (κ2) is 3.53. The van der Waals surface area contributed by atoms with Crippen LogP contribution in [0.4, 0.5) is 0 Å². The van der Waals surface area contributed by atoms with Crippen molar-refractivity contribution in [3.8, 4) is 0 Å². The molecule has 2 N–H and O–H groups in total. The highest BCUT2D eigenvalue weighted by Crippen LogP contribution is 2.27. The molecule has 0 heterocycles. The van der Waals surface area contributed by atoms with Gasteiger partial charge in [0.2, 0.25) is 5.91 Å². The van der Waals surface area contributed by atoms with Crippen LogP contribution in [0.25, 0.3) is 0 Å². The molecule has 0 aromatic carbocycles. The molecule has 0 radical (unpaired) electrons. The Balaban J connectivity index is 2.35. The predicted octanol–water partition coefficient (Wildman–Crippen LogP) is 0.204. The second-order valence-electron chi connectivity index (χ2n) is 2.81. The van der Waals surface area contributed by atoms with Crippen molar-refractivity contribution in [2.75, 3.05) is 6.61 Å². The quantitative estimate of drug-likeness (QED) is 0.572. The molecule has 0 unspecified atom stereocenters. The van der Waals surface area contributed by atoms with Gasteiger partial charge >= 0.3 is 0 Å². The van der Waals surface area contributed by atoms with E-state index in [0.29, 0.717) is 0 Å². The van der Waals surface area contributed by atoms with E-state index < -0.39 is 0 Å². The standard InChI is InChI=1S/C8H13NO2/c1-6(11)9-8(5-10)4-7-2-3-7/h4,8,10H,2-3,5H2,1H3,(H,9,11)/t8-/m0/s1. The highest BCUT2D eigenvalue weighted by molar-refractivity contribution is 5.73. The number of amides is 1. The van der Waals surface area contributed by atoms with Gasteiger partial charge in [0.25, 0.3) is 0 Å². The molecule has 1 fully saturated rings. The van der Waals surface area contributed by atoms with E-state index in [9.17, 15) is 4.79 Å². The van der Waals surface area contributed by atoms with Gasteiger partial charge < -0.3 is 10.4 Å². The second-order valence-corrected chi connectivity index (χ2v) is 2.81. The number of allylic oxidation sites excluding steroid dienone is 1. The van der Waals surface area contributed by atoms with Crippen LogP contribution in [0, 0.1) is 0 Å². The highest BCUT2D eigenvalue weighted by Gasteiger charge is 2.14. The Morgan fingerprint density at radius 2 is 2.45 bits per heavy atom. The molecule has 11 heavy (non-hydrogen) atoms. The molecule has 0 aliphatic heterocycles. The molecule has 1 rings (SSSR count). The number of carbonyl (C=O) groups is 1. The van der Waals surface area contributed by atoms with E-state index in [2.05, 4.69) is 5.32 Å². The molecule has 1 atom stereocenters. The molecule has 1 amide bonds. The van der Waals surface area contributed by atoms with Crippen molar-refractivity contribution in [2.45, 2.75) is 25.8 Å². The normalized spacial score (nSPS) is 17.5. The van der Waals surface area contributed by atoms with Gasteiger partial charge in [-0.25, -0.2) is 0 Å². The number of carbonyl (C=O) groups excluding carboxylic acids is 1. The summed E-state index contributed by atoms with van der Waals surface area (Å²) in [4.78, 5) is 10.6. The smallest absolute Gasteiger partial charge is 0.217 e. The summed E-state index contributed by atoms with van der Waals surface area (Å²) >= 11 is 0. The van der Waals surface area contributed by atoms with Crippen molar-refractivity contribution < 1.29 is 9.90 Å². The van der Waals surface area contributed by atoms with Crippen LogP contribution in [0.1, 0.15) is 19.8 Å². The van der Waals surface area contributed by atoms with Crippen LogP contribution in [0.3, 0.4) is 0 Å². The Kier molecular flexibility index (Phi) is 2.65. The third-order valence-electron chi connectivity index (χ3n) is 1.56. The van der Waals surface area contributed by atoms with Crippen molar-refractivity contribution in [3.63, 3.8) is 0 Å². The number of nitrogens with one attached hydrogen (secondary N) is 1. The molecule has 0 bridgehead atoms. The third-order valence-corrected chi connectivity index (χ3v) is 1.56. The fourth-order valence-electron chi connectivity index (χ4n) is 0.924. The van der Waals surface area contributed by atoms with Crippen LogP contribution in [0.5, 0.6) is 0 Å². The van der Waals surface area contributed by atoms with Gasteiger partial charge in [-0.05, 0) is 12.8 Å². The van der Waals surface area contributed by atoms with E-state index in [0.717, 1.165) is 12.8 Å². The van der Waals surface area contributed by atoms with E-state index in [4.69, 9.17) is 5.11 Å². The minimum absolute atomic E-state index is 0.0108. The number of aliphatic hydroxyl groups excluding tert-OH is 1. The van der Waals surface area contributed by atoms with Crippen molar-refractivity contribution in [2.24, 2.45) is 0 Å². The summed E-state index contributed by atoms with van der Waals surface area (Å²) in [6.07, 6.45) is 4.17. The number of hydrogen-bond donors (Lipinski definition) is 2. The maximum atomic E-state index is 10.6. The first-order valence-electron chi connectivity index (χ1n) is 3.80. The van der Waals surface area contributed by atoms with Crippen LogP contribution in [0.15, 0.2) is 11.6 Å². The predicted molar refractivity (Wildman–Crippen MR) is 42.0 cm³/mol. The minimum Gasteiger partial charge on any atom is -0.394 e. The molecule has 1 aliphatic carbocycles. The number of aliphatic hydroxyl groups is 1. The highest BCUT2D eigenvalue weighted by atomic mass is 16.3. The maximum Gasteiger partial charge on any atom is 0.217 e. The monoisotopic (exact) mass is 155 g/mol. The summed E-state index contributed by atoms with van der Waals surface area (Å²) in [6, 6.07) is -0.176. The lowest BCUT2D eigenvalue weighted by molar-refractivity contribution is -0.119. The summed E-state index contributed by atoms with van der Waals surface area (Å²) in [5.74, 6) is -0.0958. The average Bonchev–Trinajstić information content (AvgIpc) is 2.69. The summed E-state index contributed by atoms with van der Waals surface area (Å²) in [5.41, 5.74) is 1.33. The summed E-state index contributed by atoms with van der Waals surface area (Å²) in [6.45, 7) is 1.44. The topological polar surface area (TPSA) is 49.3 Å². The zero-order valence-electron chi connectivity index (χ0n) is 6.63. The van der Waals surface area contributed by atoms with Crippen LogP contribution >= 0.6 is 0 Å². The number of hydrogen-bond acceptors (Lipinski definition) is 2. The number of rotatable bonds is 3. The molecule has 1 saturated carbocycles. The first-order valence-corrected chi connectivity index (χ1v) is 3.80. The Hall–Kier alpha value is -0.830. The lowest BCUT2D eigenvalue weighted by Gasteiger charge is -2.09. The zero-order chi connectivity index (χ0) is 8.27. The molecule has 0 saturated heterocycles. The maximum absolute atomic E-state index is 10.6. The molecule has 0 aromatic rings. The van der Waals surface area contributed by atoms with Crippen LogP contribution in [0.2, 0.25) is 0 Å². The van der Waals surface area contributed by atoms with E-state index in [-0.39, 0.29) is 18.6 Å². The lowest BCUT2D eigenvalue weighted by Crippen LogP contribution is -2.34. The largest absolute Gasteiger partial charge is 0.394 e. The van der Waals surface area contributed by atoms with Crippen molar-refractivity contribution in [3.05, 3.63) is 11.6 Å². The van der Waals surface area contributed by atoms with Crippen molar-refractivity contribution in [1.82, 2.24) is 5.32 Å². The molecule has 0 aromatic heterocycles. The van der Waals surface area contributed by atoms with Gasteiger partial charge in [-0.2, -0.15) is 0 Å². The Labute approximate surface area is 66.1 Å². The van der Waals surface area contributed by atoms with Gasteiger partial charge in [0.1, 0.15) is 0 Å². The summed E-state index contributed by atoms with van der Waals surface area (Å²) in [7, 11) is 0. The molecule has 62 valence electrons. The Bertz CT molecular complexity index is 181. The van der Waals surface area contributed by atoms with Gasteiger partial charge in [-0.15, -0.1) is 0 Å². The Morgan fingerprint density at radius 3 is 2.82 bits per heavy atom. The van der Waals surface area contributed by atoms with E-state index in [1.54, 1.807) is 0 Å². The van der Waals surface area contributed by atoms with Crippen LogP contribution < -0.4 is 5.32 Å². The van der Waals surface area contributed by atoms with E-state index >= 15 is 0 Å². The fourth-order valence-corrected chi connectivity index (χ4v) is 0.924. The van der Waals surface area contributed by atoms with Gasteiger partial charge in [0.05, 0.1) is 12.6 Å². The van der Waals surface area contributed by atoms with Gasteiger partial charge in [0, 0.05) is 6.92 Å². The molecule has 1 aliphatic rings. The molecular weight excluding hydrogens is 142 g/mol. The van der Waals surface area contributed by atoms with Crippen LogP contribution in [-0.4, -0.2) is 23.7 Å². The first-order chi connectivity index (χ1) is 5.22. The third kappa shape index (κ3) is 3.18. The van der Waals surface area contributed by atoms with Gasteiger partial charge in [-0.3, -0.25) is 4.79 Å². The minimum atomic E-state index is -0.176. The summed E-state index contributed by atoms with van der Waals surface area (Å²) in [5, 5.41) is 11.4. The first kappa shape index (κ1) is 8.27. The Morgan fingerprint density at radius 1 is 1.82 bits per heavy atom. The van der Waals surface area contributed by atoms with Crippen molar-refractivity contribution >= 4 is 5.91 Å². The molecule has 3 nitrogen and oxygen atoms in total. The average molecular weight is 155 g/mol. The lowest BCUT2D eigenvalue weighted by atomic mass is 10.3. The van der Waals surface area contributed by atoms with Gasteiger partial charge in [0.15, 0.2) is 0 Å². The van der Waals surface area contributed by atoms with E-state index in [1.807, 2.05) is 6.08 Å². The molecule has 0 spiro atoms. The molecule has 3 heteroatoms.